The van der Waals surface area contributed by atoms with Crippen LogP contribution in [-0.2, 0) is 40.1 Å². The number of urea groups is 1. The molecule has 0 saturated carbocycles. The van der Waals surface area contributed by atoms with Gasteiger partial charge in [-0.1, -0.05) is 37.6 Å². The molecular formula is C53H85N13O13. The summed E-state index contributed by atoms with van der Waals surface area (Å²) in [6.45, 7) is 9.11. The number of phenolic OH excluding ortho intramolecular Hbond substituents is 1. The van der Waals surface area contributed by atoms with Crippen molar-refractivity contribution >= 4 is 53.5 Å². The number of carboxylic acids is 3. The van der Waals surface area contributed by atoms with Crippen molar-refractivity contribution in [3.8, 4) is 11.5 Å². The van der Waals surface area contributed by atoms with Crippen molar-refractivity contribution in [1.29, 1.82) is 0 Å². The molecule has 1 aliphatic heterocycles. The average molecular weight is 1110 g/mol. The molecule has 2 aromatic carbocycles. The highest BCUT2D eigenvalue weighted by Crippen LogP contribution is 2.22. The topological polar surface area (TPSA) is 362 Å². The van der Waals surface area contributed by atoms with Crippen LogP contribution < -0.4 is 47.7 Å². The number of aliphatic carboxylic acids is 3. The summed E-state index contributed by atoms with van der Waals surface area (Å²) in [6.07, 6.45) is 5.04. The largest absolute Gasteiger partial charge is 0.508 e. The molecule has 26 nitrogen and oxygen atoms in total. The number of hydrogen-bond acceptors (Lipinski definition) is 15. The number of rotatable bonds is 34. The van der Waals surface area contributed by atoms with E-state index >= 15 is 0 Å². The van der Waals surface area contributed by atoms with Crippen LogP contribution in [0, 0.1) is 0 Å². The van der Waals surface area contributed by atoms with Gasteiger partial charge in [0.1, 0.15) is 17.5 Å². The third kappa shape index (κ3) is 30.6. The van der Waals surface area contributed by atoms with E-state index in [0.717, 1.165) is 18.4 Å². The molecule has 0 aromatic heterocycles. The maximum absolute atomic E-state index is 13.7. The van der Waals surface area contributed by atoms with Crippen LogP contribution in [0.25, 0.3) is 0 Å². The Balaban J connectivity index is 1.38. The first-order chi connectivity index (χ1) is 37.9. The molecule has 13 N–H and O–H groups in total. The van der Waals surface area contributed by atoms with Crippen molar-refractivity contribution in [3.05, 3.63) is 59.7 Å². The van der Waals surface area contributed by atoms with Crippen LogP contribution in [0.3, 0.4) is 0 Å². The molecule has 3 rings (SSSR count). The van der Waals surface area contributed by atoms with Crippen molar-refractivity contribution in [2.24, 2.45) is 10.7 Å². The second-order valence-electron chi connectivity index (χ2n) is 19.2. The van der Waals surface area contributed by atoms with Crippen LogP contribution in [0.2, 0.25) is 0 Å². The van der Waals surface area contributed by atoms with Gasteiger partial charge in [0, 0.05) is 105 Å². The maximum atomic E-state index is 13.7. The monoisotopic (exact) mass is 1110 g/mol. The molecule has 1 saturated heterocycles. The Morgan fingerprint density at radius 3 is 1.81 bits per heavy atom. The third-order valence-electron chi connectivity index (χ3n) is 12.8. The van der Waals surface area contributed by atoms with Gasteiger partial charge in [-0.2, -0.15) is 4.99 Å². The van der Waals surface area contributed by atoms with Crippen LogP contribution >= 0.6 is 0 Å². The van der Waals surface area contributed by atoms with Crippen LogP contribution in [0.5, 0.6) is 11.5 Å². The number of aromatic hydroxyl groups is 1. The van der Waals surface area contributed by atoms with E-state index in [9.17, 15) is 58.8 Å². The van der Waals surface area contributed by atoms with E-state index in [1.807, 2.05) is 0 Å². The van der Waals surface area contributed by atoms with Crippen molar-refractivity contribution in [2.75, 3.05) is 118 Å². The zero-order chi connectivity index (χ0) is 57.8. The predicted molar refractivity (Wildman–Crippen MR) is 295 cm³/mol. The van der Waals surface area contributed by atoms with E-state index in [1.54, 1.807) is 64.9 Å². The van der Waals surface area contributed by atoms with E-state index in [2.05, 4.69) is 47.1 Å². The minimum absolute atomic E-state index is 0.0337. The first-order valence-electron chi connectivity index (χ1n) is 27.1. The summed E-state index contributed by atoms with van der Waals surface area (Å²) in [5.41, 5.74) is 7.30. The fourth-order valence-corrected chi connectivity index (χ4v) is 8.19. The first-order valence-corrected chi connectivity index (χ1v) is 27.1. The quantitative estimate of drug-likeness (QED) is 0.0251. The molecule has 6 amide bonds. The number of carbonyl (C=O) groups is 8. The van der Waals surface area contributed by atoms with Gasteiger partial charge in [0.25, 0.3) is 0 Å². The van der Waals surface area contributed by atoms with Gasteiger partial charge in [0.2, 0.25) is 23.6 Å². The number of hydrogen-bond donors (Lipinski definition) is 12. The molecule has 2 atom stereocenters. The summed E-state index contributed by atoms with van der Waals surface area (Å²) in [6, 6.07) is 11.9. The highest BCUT2D eigenvalue weighted by Gasteiger charge is 2.25. The Hall–Kier alpha value is -7.13. The zero-order valence-electron chi connectivity index (χ0n) is 45.8. The predicted octanol–water partition coefficient (Wildman–Crippen LogP) is 0.0753. The number of nitrogens with one attached hydrogen (secondary N) is 7. The van der Waals surface area contributed by atoms with E-state index in [4.69, 9.17) is 10.5 Å². The van der Waals surface area contributed by atoms with E-state index in [0.29, 0.717) is 129 Å². The number of carboxylic acid groups (broad SMARTS) is 3. The van der Waals surface area contributed by atoms with Crippen molar-refractivity contribution in [2.45, 2.75) is 90.1 Å². The normalized spacial score (nSPS) is 15.0. The summed E-state index contributed by atoms with van der Waals surface area (Å²) in [7, 11) is 0. The van der Waals surface area contributed by atoms with Crippen LogP contribution in [-0.4, -0.2) is 218 Å². The van der Waals surface area contributed by atoms with Crippen molar-refractivity contribution < 1.29 is 63.5 Å². The summed E-state index contributed by atoms with van der Waals surface area (Å²) in [5.74, 6) is -4.06. The van der Waals surface area contributed by atoms with Gasteiger partial charge in [0.05, 0.1) is 32.2 Å². The molecule has 1 fully saturated rings. The van der Waals surface area contributed by atoms with Crippen LogP contribution in [0.4, 0.5) is 4.79 Å². The molecule has 0 spiro atoms. The summed E-state index contributed by atoms with van der Waals surface area (Å²) in [5, 5.41) is 58.1. The number of benzene rings is 2. The van der Waals surface area contributed by atoms with E-state index in [-0.39, 0.29) is 81.7 Å². The minimum atomic E-state index is -1.00. The van der Waals surface area contributed by atoms with Gasteiger partial charge in [-0.3, -0.25) is 53.2 Å². The third-order valence-corrected chi connectivity index (χ3v) is 12.8. The lowest BCUT2D eigenvalue weighted by molar-refractivity contribution is -0.140. The molecule has 26 heteroatoms. The molecule has 0 aliphatic carbocycles. The number of amides is 6. The Labute approximate surface area is 462 Å². The van der Waals surface area contributed by atoms with Crippen molar-refractivity contribution in [1.82, 2.24) is 56.8 Å². The summed E-state index contributed by atoms with van der Waals surface area (Å²) in [4.78, 5) is 109. The number of ether oxygens (including phenoxy) is 1. The molecule has 440 valence electrons. The Bertz CT molecular complexity index is 2210. The average Bonchev–Trinajstić information content (AvgIpc) is 3.41. The lowest BCUT2D eigenvalue weighted by atomic mass is 9.99. The highest BCUT2D eigenvalue weighted by atomic mass is 16.5. The van der Waals surface area contributed by atoms with Crippen molar-refractivity contribution in [3.63, 3.8) is 0 Å². The Morgan fingerprint density at radius 1 is 0.633 bits per heavy atom. The Morgan fingerprint density at radius 2 is 1.20 bits per heavy atom. The number of unbranched alkanes of at least 4 members (excludes halogenated alkanes) is 3. The van der Waals surface area contributed by atoms with Gasteiger partial charge in [0.15, 0.2) is 5.96 Å². The summed E-state index contributed by atoms with van der Waals surface area (Å²) >= 11 is 0. The zero-order valence-corrected chi connectivity index (χ0v) is 45.8. The number of nitrogens with two attached hydrogens (primary N) is 1. The van der Waals surface area contributed by atoms with Gasteiger partial charge < -0.3 is 68.1 Å². The number of carbonyl (C=O) groups excluding carboxylic acids is 5. The molecule has 79 heavy (non-hydrogen) atoms. The van der Waals surface area contributed by atoms with Crippen LogP contribution in [0.1, 0.15) is 88.7 Å². The molecule has 1 heterocycles. The number of phenols is 1. The van der Waals surface area contributed by atoms with Gasteiger partial charge >= 0.3 is 23.9 Å². The number of aliphatic imine (C=N–C) groups is 1. The lowest BCUT2D eigenvalue weighted by Crippen LogP contribution is -2.49. The molecule has 0 bridgehead atoms. The van der Waals surface area contributed by atoms with E-state index < -0.39 is 41.8 Å². The van der Waals surface area contributed by atoms with E-state index in [1.165, 1.54) is 12.1 Å². The van der Waals surface area contributed by atoms with Crippen LogP contribution in [0.15, 0.2) is 53.5 Å². The standard InChI is InChI=1S/C53H85N13O13/c1-3-45(68)57-22-23-59-53(78)62-52(54)58-21-10-13-44(51(77)60-34-40-15-17-42(67)18-16-40)61-50(76)39(2)41-11-9-12-43(33-41)79-32-8-7-20-56-46(69)14-5-4-6-19-55-38-66-30-28-64(36-48(72)73)26-24-63(35-47(70)71)25-27-65(29-31-66)37-49(74)75/h9,11-12,15-18,33,39,44,55,67H,3-8,10,13-14,19-32,34-38H2,1-2H3,(H,56,69)(H,57,68)(H,60,77)(H,61,76)(H,70,71)(H,72,73)(H,74,75)(H4,54,58,59,62,78)/t39?,44-/m1/s1. The number of guanidine groups is 1. The second-order valence-corrected chi connectivity index (χ2v) is 19.2. The summed E-state index contributed by atoms with van der Waals surface area (Å²) < 4.78 is 6.00. The van der Waals surface area contributed by atoms with Gasteiger partial charge in [-0.25, -0.2) is 4.79 Å². The Kier molecular flexibility index (Phi) is 32.2. The SMILES string of the molecule is CCC(=O)NCCNC(=O)/N=C(/N)NCCC[C@@H](NC(=O)C(C)c1cccc(OCCCCNC(=O)CCCCCNCN2CCN(CC(=O)O)CCN(CC(=O)O)CCN(CC(=O)O)CC2)c1)C(=O)NCc1ccc(O)cc1. The lowest BCUT2D eigenvalue weighted by Gasteiger charge is -2.33. The fraction of sp³-hybridized carbons (Fsp3) is 0.604. The smallest absolute Gasteiger partial charge is 0.344 e. The molecule has 1 aliphatic rings. The molecular weight excluding hydrogens is 1030 g/mol. The molecule has 1 unspecified atom stereocenters. The number of nitrogens with zero attached hydrogens (tertiary/aromatic N) is 5. The second kappa shape index (κ2) is 38.4. The molecule has 2 aromatic rings. The fourth-order valence-electron chi connectivity index (χ4n) is 8.19. The van der Waals surface area contributed by atoms with Gasteiger partial charge in [-0.05, 0) is 87.4 Å². The minimum Gasteiger partial charge on any atom is -0.508 e. The van der Waals surface area contributed by atoms with Gasteiger partial charge in [-0.15, -0.1) is 0 Å². The first kappa shape index (κ1) is 66.2. The highest BCUT2D eigenvalue weighted by molar-refractivity contribution is 5.92. The molecule has 0 radical (unpaired) electrons. The maximum Gasteiger partial charge on any atom is 0.344 e.